The first kappa shape index (κ1) is 22.7. The SMILES string of the molecule is Cc1ccc(CNC(=S)Nc2nc(N3CCOCC3)cc(N3C[C@H](C)C[C@@H](C)C3)n2)cc1. The van der Waals surface area contributed by atoms with Gasteiger partial charge >= 0.3 is 0 Å². The third-order valence-corrected chi connectivity index (χ3v) is 6.27. The molecule has 1 aromatic heterocycles. The molecule has 2 atom stereocenters. The lowest BCUT2D eigenvalue weighted by atomic mass is 9.92. The Kier molecular flexibility index (Phi) is 7.42. The van der Waals surface area contributed by atoms with E-state index in [2.05, 4.69) is 71.5 Å². The van der Waals surface area contributed by atoms with E-state index in [0.29, 0.717) is 29.4 Å². The van der Waals surface area contributed by atoms with Crippen LogP contribution < -0.4 is 20.4 Å². The summed E-state index contributed by atoms with van der Waals surface area (Å²) >= 11 is 5.55. The maximum absolute atomic E-state index is 5.55. The molecule has 0 unspecified atom stereocenters. The number of rotatable bonds is 5. The van der Waals surface area contributed by atoms with E-state index >= 15 is 0 Å². The molecule has 0 amide bonds. The van der Waals surface area contributed by atoms with E-state index in [-0.39, 0.29) is 0 Å². The lowest BCUT2D eigenvalue weighted by Gasteiger charge is -2.36. The number of hydrogen-bond acceptors (Lipinski definition) is 6. The van der Waals surface area contributed by atoms with Gasteiger partial charge in [-0.1, -0.05) is 43.7 Å². The molecule has 4 rings (SSSR count). The van der Waals surface area contributed by atoms with E-state index in [1.807, 2.05) is 0 Å². The molecule has 8 heteroatoms. The van der Waals surface area contributed by atoms with Crippen LogP contribution in [0.1, 0.15) is 31.4 Å². The standard InChI is InChI=1S/C24H34N6OS/c1-17-4-6-20(7-5-17)14-25-24(32)28-23-26-21(29-8-10-31-11-9-29)13-22(27-23)30-15-18(2)12-19(3)16-30/h4-7,13,18-19H,8-12,14-16H2,1-3H3,(H2,25,26,27,28,32)/t18-,19-/m1/s1. The Morgan fingerprint density at radius 3 is 2.31 bits per heavy atom. The number of nitrogens with one attached hydrogen (secondary N) is 2. The van der Waals surface area contributed by atoms with Crippen LogP contribution in [0.25, 0.3) is 0 Å². The number of thiocarbonyl (C=S) groups is 1. The Bertz CT molecular complexity index is 905. The number of anilines is 3. The zero-order valence-corrected chi connectivity index (χ0v) is 20.1. The Labute approximate surface area is 196 Å². The summed E-state index contributed by atoms with van der Waals surface area (Å²) in [6.45, 7) is 12.5. The second-order valence-electron chi connectivity index (χ2n) is 9.15. The Balaban J connectivity index is 1.50. The van der Waals surface area contributed by atoms with Gasteiger partial charge in [-0.2, -0.15) is 9.97 Å². The second-order valence-corrected chi connectivity index (χ2v) is 9.56. The number of aryl methyl sites for hydroxylation is 1. The maximum atomic E-state index is 5.55. The molecule has 0 aliphatic carbocycles. The average Bonchev–Trinajstić information content (AvgIpc) is 2.78. The van der Waals surface area contributed by atoms with Gasteiger partial charge in [-0.3, -0.25) is 0 Å². The monoisotopic (exact) mass is 454 g/mol. The summed E-state index contributed by atoms with van der Waals surface area (Å²) in [6, 6.07) is 10.5. The summed E-state index contributed by atoms with van der Waals surface area (Å²) in [4.78, 5) is 14.3. The van der Waals surface area contributed by atoms with Crippen molar-refractivity contribution < 1.29 is 4.74 Å². The molecule has 3 heterocycles. The van der Waals surface area contributed by atoms with Gasteiger partial charge in [-0.05, 0) is 43.0 Å². The number of aromatic nitrogens is 2. The number of hydrogen-bond donors (Lipinski definition) is 2. The van der Waals surface area contributed by atoms with Gasteiger partial charge in [0.25, 0.3) is 0 Å². The molecule has 0 spiro atoms. The highest BCUT2D eigenvalue weighted by Crippen LogP contribution is 2.28. The van der Waals surface area contributed by atoms with E-state index in [9.17, 15) is 0 Å². The highest BCUT2D eigenvalue weighted by molar-refractivity contribution is 7.80. The molecule has 0 bridgehead atoms. The van der Waals surface area contributed by atoms with Crippen molar-refractivity contribution in [1.82, 2.24) is 15.3 Å². The van der Waals surface area contributed by atoms with Crippen LogP contribution in [0, 0.1) is 18.8 Å². The first-order valence-corrected chi connectivity index (χ1v) is 11.9. The summed E-state index contributed by atoms with van der Waals surface area (Å²) in [6.07, 6.45) is 1.26. The molecule has 2 fully saturated rings. The minimum Gasteiger partial charge on any atom is -0.378 e. The smallest absolute Gasteiger partial charge is 0.232 e. The van der Waals surface area contributed by atoms with Crippen molar-refractivity contribution in [3.05, 3.63) is 41.5 Å². The highest BCUT2D eigenvalue weighted by atomic mass is 32.1. The lowest BCUT2D eigenvalue weighted by molar-refractivity contribution is 0.122. The molecule has 172 valence electrons. The van der Waals surface area contributed by atoms with Gasteiger partial charge in [0.1, 0.15) is 11.6 Å². The van der Waals surface area contributed by atoms with Gasteiger partial charge in [-0.25, -0.2) is 0 Å². The van der Waals surface area contributed by atoms with Gasteiger partial charge in [0.05, 0.1) is 13.2 Å². The van der Waals surface area contributed by atoms with Crippen LogP contribution in [0.5, 0.6) is 0 Å². The van der Waals surface area contributed by atoms with E-state index in [0.717, 1.165) is 51.0 Å². The summed E-state index contributed by atoms with van der Waals surface area (Å²) in [5.74, 6) is 3.72. The zero-order chi connectivity index (χ0) is 22.5. The van der Waals surface area contributed by atoms with Crippen molar-refractivity contribution in [3.8, 4) is 0 Å². The zero-order valence-electron chi connectivity index (χ0n) is 19.3. The van der Waals surface area contributed by atoms with Crippen LogP contribution in [-0.2, 0) is 11.3 Å². The molecule has 32 heavy (non-hydrogen) atoms. The molecule has 0 saturated carbocycles. The summed E-state index contributed by atoms with van der Waals surface area (Å²) in [5, 5.41) is 7.01. The molecule has 7 nitrogen and oxygen atoms in total. The van der Waals surface area contributed by atoms with Gasteiger partial charge < -0.3 is 25.2 Å². The summed E-state index contributed by atoms with van der Waals surface area (Å²) < 4.78 is 5.53. The number of nitrogens with zero attached hydrogens (tertiary/aromatic N) is 4. The van der Waals surface area contributed by atoms with Crippen LogP contribution in [-0.4, -0.2) is 54.5 Å². The number of morpholine rings is 1. The molecular weight excluding hydrogens is 420 g/mol. The Morgan fingerprint density at radius 1 is 1.03 bits per heavy atom. The number of benzene rings is 1. The second kappa shape index (κ2) is 10.4. The highest BCUT2D eigenvalue weighted by Gasteiger charge is 2.25. The quantitative estimate of drug-likeness (QED) is 0.665. The molecular formula is C24H34N6OS. The number of piperidine rings is 1. The van der Waals surface area contributed by atoms with Gasteiger partial charge in [0, 0.05) is 38.8 Å². The maximum Gasteiger partial charge on any atom is 0.232 e. The summed E-state index contributed by atoms with van der Waals surface area (Å²) in [7, 11) is 0. The van der Waals surface area contributed by atoms with Crippen molar-refractivity contribution in [2.75, 3.05) is 54.5 Å². The van der Waals surface area contributed by atoms with Crippen molar-refractivity contribution in [1.29, 1.82) is 0 Å². The third kappa shape index (κ3) is 6.07. The fraction of sp³-hybridized carbons (Fsp3) is 0.542. The van der Waals surface area contributed by atoms with Crippen LogP contribution in [0.3, 0.4) is 0 Å². The normalized spacial score (nSPS) is 21.3. The van der Waals surface area contributed by atoms with Crippen LogP contribution in [0.2, 0.25) is 0 Å². The van der Waals surface area contributed by atoms with Gasteiger partial charge in [-0.15, -0.1) is 0 Å². The topological polar surface area (TPSA) is 65.6 Å². The minimum atomic E-state index is 0.524. The average molecular weight is 455 g/mol. The molecule has 2 aliphatic heterocycles. The van der Waals surface area contributed by atoms with E-state index in [1.54, 1.807) is 0 Å². The van der Waals surface area contributed by atoms with Crippen molar-refractivity contribution in [2.45, 2.75) is 33.7 Å². The van der Waals surface area contributed by atoms with E-state index in [1.165, 1.54) is 17.5 Å². The molecule has 1 aromatic carbocycles. The van der Waals surface area contributed by atoms with Crippen molar-refractivity contribution >= 4 is 34.9 Å². The molecule has 0 radical (unpaired) electrons. The first-order valence-electron chi connectivity index (χ1n) is 11.5. The molecule has 2 saturated heterocycles. The largest absolute Gasteiger partial charge is 0.378 e. The van der Waals surface area contributed by atoms with Crippen LogP contribution in [0.15, 0.2) is 30.3 Å². The first-order chi connectivity index (χ1) is 15.5. The summed E-state index contributed by atoms with van der Waals surface area (Å²) in [5.41, 5.74) is 2.43. The van der Waals surface area contributed by atoms with E-state index in [4.69, 9.17) is 26.9 Å². The fourth-order valence-electron chi connectivity index (χ4n) is 4.48. The molecule has 2 N–H and O–H groups in total. The lowest BCUT2D eigenvalue weighted by Crippen LogP contribution is -2.40. The molecule has 2 aliphatic rings. The Hall–Kier alpha value is -2.45. The predicted octanol–water partition coefficient (Wildman–Crippen LogP) is 3.59. The van der Waals surface area contributed by atoms with Crippen LogP contribution >= 0.6 is 12.2 Å². The van der Waals surface area contributed by atoms with Gasteiger partial charge in [0.15, 0.2) is 5.11 Å². The van der Waals surface area contributed by atoms with Crippen LogP contribution in [0.4, 0.5) is 17.6 Å². The molecule has 2 aromatic rings. The van der Waals surface area contributed by atoms with E-state index < -0.39 is 0 Å². The minimum absolute atomic E-state index is 0.524. The number of ether oxygens (including phenoxy) is 1. The predicted molar refractivity (Wildman–Crippen MR) is 134 cm³/mol. The Morgan fingerprint density at radius 2 is 1.66 bits per heavy atom. The van der Waals surface area contributed by atoms with Crippen molar-refractivity contribution in [3.63, 3.8) is 0 Å². The van der Waals surface area contributed by atoms with Gasteiger partial charge in [0.2, 0.25) is 5.95 Å². The van der Waals surface area contributed by atoms with Crippen molar-refractivity contribution in [2.24, 2.45) is 11.8 Å². The fourth-order valence-corrected chi connectivity index (χ4v) is 4.64. The third-order valence-electron chi connectivity index (χ3n) is 6.03.